The third-order valence-corrected chi connectivity index (χ3v) is 3.61. The first kappa shape index (κ1) is 15.5. The zero-order valence-electron chi connectivity index (χ0n) is 13.1. The summed E-state index contributed by atoms with van der Waals surface area (Å²) in [6.07, 6.45) is 1.64. The van der Waals surface area contributed by atoms with Gasteiger partial charge in [0.05, 0.1) is 11.3 Å². The van der Waals surface area contributed by atoms with Gasteiger partial charge in [0.2, 0.25) is 5.82 Å². The third-order valence-electron chi connectivity index (χ3n) is 3.61. The molecular weight excluding hydrogens is 308 g/mol. The number of aryl methyl sites for hydroxylation is 1. The Bertz CT molecular complexity index is 968. The second-order valence-corrected chi connectivity index (χ2v) is 5.24. The SMILES string of the molecule is Cc1nc2c([N+](C)=Nc3ccccn3)ccc(O)c2cc1C(=O)O. The minimum atomic E-state index is -1.08. The Balaban J connectivity index is 2.22. The molecule has 0 saturated carbocycles. The van der Waals surface area contributed by atoms with Gasteiger partial charge in [-0.3, -0.25) is 0 Å². The molecule has 2 aromatic heterocycles. The molecule has 0 aliphatic rings. The summed E-state index contributed by atoms with van der Waals surface area (Å²) in [5.41, 5.74) is 1.53. The van der Waals surface area contributed by atoms with E-state index in [1.807, 2.05) is 6.07 Å². The van der Waals surface area contributed by atoms with Crippen molar-refractivity contribution in [3.05, 3.63) is 53.9 Å². The average molecular weight is 323 g/mol. The predicted octanol–water partition coefficient (Wildman–Crippen LogP) is 3.40. The normalized spacial score (nSPS) is 11.7. The van der Waals surface area contributed by atoms with Gasteiger partial charge in [0.15, 0.2) is 7.05 Å². The smallest absolute Gasteiger partial charge is 0.337 e. The monoisotopic (exact) mass is 323 g/mol. The van der Waals surface area contributed by atoms with Gasteiger partial charge in [-0.25, -0.2) is 14.8 Å². The highest BCUT2D eigenvalue weighted by atomic mass is 16.4. The van der Waals surface area contributed by atoms with E-state index in [0.29, 0.717) is 28.1 Å². The van der Waals surface area contributed by atoms with Crippen molar-refractivity contribution < 1.29 is 19.7 Å². The Morgan fingerprint density at radius 3 is 2.71 bits per heavy atom. The highest BCUT2D eigenvalue weighted by Gasteiger charge is 2.19. The molecule has 0 fully saturated rings. The van der Waals surface area contributed by atoms with Crippen molar-refractivity contribution in [2.45, 2.75) is 6.92 Å². The molecule has 0 saturated heterocycles. The molecular formula is C17H15N4O3+. The largest absolute Gasteiger partial charge is 0.507 e. The van der Waals surface area contributed by atoms with Gasteiger partial charge in [0.1, 0.15) is 11.3 Å². The summed E-state index contributed by atoms with van der Waals surface area (Å²) in [6.45, 7) is 1.62. The van der Waals surface area contributed by atoms with Crippen molar-refractivity contribution in [3.8, 4) is 5.75 Å². The number of rotatable bonds is 3. The highest BCUT2D eigenvalue weighted by Crippen LogP contribution is 2.32. The molecule has 0 atom stereocenters. The Hall–Kier alpha value is -3.35. The number of azo groups is 2. The number of phenols is 1. The fraction of sp³-hybridized carbons (Fsp3) is 0.118. The molecule has 24 heavy (non-hydrogen) atoms. The lowest BCUT2D eigenvalue weighted by molar-refractivity contribution is -0.475. The molecule has 0 aliphatic heterocycles. The van der Waals surface area contributed by atoms with Crippen LogP contribution >= 0.6 is 0 Å². The molecule has 120 valence electrons. The summed E-state index contributed by atoms with van der Waals surface area (Å²) >= 11 is 0. The fourth-order valence-corrected chi connectivity index (χ4v) is 2.42. The van der Waals surface area contributed by atoms with Crippen LogP contribution in [0.1, 0.15) is 16.1 Å². The molecule has 0 amide bonds. The maximum Gasteiger partial charge on any atom is 0.337 e. The molecule has 0 unspecified atom stereocenters. The summed E-state index contributed by atoms with van der Waals surface area (Å²) in [7, 11) is 1.74. The van der Waals surface area contributed by atoms with Crippen molar-refractivity contribution in [1.82, 2.24) is 9.97 Å². The van der Waals surface area contributed by atoms with Crippen LogP contribution < -0.4 is 0 Å². The van der Waals surface area contributed by atoms with E-state index >= 15 is 0 Å². The van der Waals surface area contributed by atoms with Crippen molar-refractivity contribution >= 4 is 28.4 Å². The van der Waals surface area contributed by atoms with Crippen LogP contribution in [0.2, 0.25) is 0 Å². The highest BCUT2D eigenvalue weighted by molar-refractivity contribution is 5.98. The molecule has 2 heterocycles. The summed E-state index contributed by atoms with van der Waals surface area (Å²) < 4.78 is 1.59. The van der Waals surface area contributed by atoms with E-state index in [2.05, 4.69) is 15.1 Å². The molecule has 2 N–H and O–H groups in total. The van der Waals surface area contributed by atoms with E-state index in [1.54, 1.807) is 43.1 Å². The number of fused-ring (bicyclic) bond motifs is 1. The number of benzene rings is 1. The van der Waals surface area contributed by atoms with Crippen LogP contribution in [0.3, 0.4) is 0 Å². The zero-order chi connectivity index (χ0) is 17.3. The molecule has 0 aliphatic carbocycles. The van der Waals surface area contributed by atoms with Crippen molar-refractivity contribution in [3.63, 3.8) is 0 Å². The minimum absolute atomic E-state index is 0.0324. The number of aromatic hydroxyl groups is 1. The lowest BCUT2D eigenvalue weighted by atomic mass is 10.1. The maximum atomic E-state index is 11.3. The number of pyridine rings is 2. The van der Waals surface area contributed by atoms with E-state index in [9.17, 15) is 15.0 Å². The molecule has 0 bridgehead atoms. The number of aromatic nitrogens is 2. The number of phenolic OH excluding ortho intramolecular Hbond substituents is 1. The van der Waals surface area contributed by atoms with Gasteiger partial charge in [0.25, 0.3) is 5.69 Å². The Morgan fingerprint density at radius 1 is 1.25 bits per heavy atom. The first-order chi connectivity index (χ1) is 11.5. The van der Waals surface area contributed by atoms with Gasteiger partial charge in [-0.15, -0.1) is 0 Å². The van der Waals surface area contributed by atoms with Crippen LogP contribution in [0.5, 0.6) is 5.75 Å². The molecule has 1 aromatic carbocycles. The summed E-state index contributed by atoms with van der Waals surface area (Å²) in [6, 6.07) is 9.99. The van der Waals surface area contributed by atoms with Gasteiger partial charge < -0.3 is 10.2 Å². The van der Waals surface area contributed by atoms with Gasteiger partial charge in [-0.1, -0.05) is 10.8 Å². The second kappa shape index (κ2) is 6.04. The number of carbonyl (C=O) groups is 1. The van der Waals surface area contributed by atoms with Crippen molar-refractivity contribution in [1.29, 1.82) is 0 Å². The molecule has 7 heteroatoms. The average Bonchev–Trinajstić information content (AvgIpc) is 2.55. The first-order valence-corrected chi connectivity index (χ1v) is 7.20. The van der Waals surface area contributed by atoms with Crippen LogP contribution in [0, 0.1) is 6.92 Å². The van der Waals surface area contributed by atoms with Crippen LogP contribution in [-0.4, -0.2) is 37.9 Å². The lowest BCUT2D eigenvalue weighted by Gasteiger charge is -2.06. The van der Waals surface area contributed by atoms with E-state index in [-0.39, 0.29) is 11.3 Å². The Labute approximate surface area is 137 Å². The number of aromatic carboxylic acids is 1. The standard InChI is InChI=1S/C17H14N4O3/c1-10-11(17(23)24)9-12-14(22)7-6-13(16(12)19-10)21(2)20-15-5-3-4-8-18-15/h3-9H,1-2H3,(H-,18,19,20,22,23,24)/p+1. The van der Waals surface area contributed by atoms with E-state index in [4.69, 9.17) is 0 Å². The van der Waals surface area contributed by atoms with E-state index in [0.717, 1.165) is 0 Å². The number of carboxylic acids is 1. The fourth-order valence-electron chi connectivity index (χ4n) is 2.42. The third kappa shape index (κ3) is 2.79. The Morgan fingerprint density at radius 2 is 2.04 bits per heavy atom. The van der Waals surface area contributed by atoms with Gasteiger partial charge >= 0.3 is 5.97 Å². The van der Waals surface area contributed by atoms with Gasteiger partial charge in [-0.2, -0.15) is 0 Å². The van der Waals surface area contributed by atoms with Crippen LogP contribution in [0.15, 0.2) is 47.7 Å². The molecule has 3 aromatic rings. The molecule has 3 rings (SSSR count). The number of carboxylic acid groups (broad SMARTS) is 1. The molecule has 7 nitrogen and oxygen atoms in total. The second-order valence-electron chi connectivity index (χ2n) is 5.24. The summed E-state index contributed by atoms with van der Waals surface area (Å²) in [5, 5.41) is 24.0. The zero-order valence-corrected chi connectivity index (χ0v) is 13.1. The Kier molecular flexibility index (Phi) is 3.91. The topological polar surface area (TPSA) is 98.7 Å². The van der Waals surface area contributed by atoms with Crippen LogP contribution in [0.4, 0.5) is 11.5 Å². The summed E-state index contributed by atoms with van der Waals surface area (Å²) in [5.74, 6) is -0.590. The molecule has 0 radical (unpaired) electrons. The van der Waals surface area contributed by atoms with Crippen LogP contribution in [-0.2, 0) is 0 Å². The minimum Gasteiger partial charge on any atom is -0.507 e. The van der Waals surface area contributed by atoms with E-state index in [1.165, 1.54) is 12.1 Å². The van der Waals surface area contributed by atoms with E-state index < -0.39 is 5.97 Å². The van der Waals surface area contributed by atoms with Gasteiger partial charge in [-0.05, 0) is 31.2 Å². The predicted molar refractivity (Wildman–Crippen MR) is 87.3 cm³/mol. The quantitative estimate of drug-likeness (QED) is 0.568. The number of nitrogens with zero attached hydrogens (tertiary/aromatic N) is 4. The van der Waals surface area contributed by atoms with Gasteiger partial charge in [0, 0.05) is 22.8 Å². The maximum absolute atomic E-state index is 11.3. The van der Waals surface area contributed by atoms with Crippen molar-refractivity contribution in [2.24, 2.45) is 5.11 Å². The summed E-state index contributed by atoms with van der Waals surface area (Å²) in [4.78, 5) is 19.8. The van der Waals surface area contributed by atoms with Crippen molar-refractivity contribution in [2.75, 3.05) is 7.05 Å². The van der Waals surface area contributed by atoms with Crippen LogP contribution in [0.25, 0.3) is 10.9 Å². The number of hydrogen-bond acceptors (Lipinski definition) is 5. The lowest BCUT2D eigenvalue weighted by Crippen LogP contribution is -2.03. The number of hydrogen-bond donors (Lipinski definition) is 2. The molecule has 0 spiro atoms. The first-order valence-electron chi connectivity index (χ1n) is 7.20.